The summed E-state index contributed by atoms with van der Waals surface area (Å²) in [5.41, 5.74) is 0. The number of unbranched alkanes of at least 4 members (excludes halogenated alkanes) is 44. The summed E-state index contributed by atoms with van der Waals surface area (Å²) in [4.78, 5) is 31.4. The minimum atomic E-state index is -1.03. The number of aliphatic carboxylic acids is 3. The number of carboxylic acids is 3. The standard InChI is InChI=1S/3C18H36O2S.C8H17.Sn/c3*1-2-3-4-5-6-7-8-9-10-11-12-13-14-15-16-17(21)18(19)20;1-3-5-7-8-6-4-2;/h3*17,21H,2-16H2,1H3,(H,19,20);1,3-8H2,2H3;/q;;;;+3/p-3. The first-order valence-electron chi connectivity index (χ1n) is 31.3. The second-order valence-electron chi connectivity index (χ2n) is 21.2. The summed E-state index contributed by atoms with van der Waals surface area (Å²) >= 11 is 13.7. The summed E-state index contributed by atoms with van der Waals surface area (Å²) in [6.45, 7) is 9.06. The molecule has 0 aliphatic rings. The molecule has 0 N–H and O–H groups in total. The fourth-order valence-electron chi connectivity index (χ4n) is 8.86. The van der Waals surface area contributed by atoms with Crippen molar-refractivity contribution in [2.75, 3.05) is 0 Å². The summed E-state index contributed by atoms with van der Waals surface area (Å²) in [7, 11) is 0. The van der Waals surface area contributed by atoms with E-state index in [4.69, 9.17) is 0 Å². The molecular formula is C62H122O6S3Sn. The second-order valence-corrected chi connectivity index (χ2v) is 24.5. The molecule has 0 spiro atoms. The Morgan fingerprint density at radius 2 is 0.389 bits per heavy atom. The Bertz CT molecular complexity index is 919. The van der Waals surface area contributed by atoms with Gasteiger partial charge in [-0.25, -0.2) is 0 Å². The van der Waals surface area contributed by atoms with Crippen LogP contribution in [0, 0.1) is 0 Å². The Morgan fingerprint density at radius 3 is 0.514 bits per heavy atom. The number of hydrogen-bond donors (Lipinski definition) is 3. The first-order chi connectivity index (χ1) is 35.0. The summed E-state index contributed by atoms with van der Waals surface area (Å²) < 4.78 is 1.46. The van der Waals surface area contributed by atoms with Gasteiger partial charge in [-0.05, 0) is 19.3 Å². The molecule has 6 nitrogen and oxygen atoms in total. The van der Waals surface area contributed by atoms with Gasteiger partial charge in [-0.3, -0.25) is 0 Å². The van der Waals surface area contributed by atoms with E-state index in [1.807, 2.05) is 0 Å². The number of rotatable bonds is 54. The third kappa shape index (κ3) is 76.8. The van der Waals surface area contributed by atoms with E-state index in [0.29, 0.717) is 19.3 Å². The van der Waals surface area contributed by atoms with Crippen molar-refractivity contribution in [1.29, 1.82) is 0 Å². The van der Waals surface area contributed by atoms with Crippen molar-refractivity contribution < 1.29 is 29.7 Å². The molecule has 10 heteroatoms. The first-order valence-corrected chi connectivity index (χ1v) is 34.8. The molecule has 0 heterocycles. The van der Waals surface area contributed by atoms with E-state index in [9.17, 15) is 29.7 Å². The maximum atomic E-state index is 10.5. The number of carboxylic acid groups (broad SMARTS) is 3. The van der Waals surface area contributed by atoms with Gasteiger partial charge in [0, 0.05) is 15.7 Å². The molecule has 0 aliphatic heterocycles. The van der Waals surface area contributed by atoms with Crippen molar-refractivity contribution in [3.8, 4) is 0 Å². The van der Waals surface area contributed by atoms with Crippen LogP contribution in [0.5, 0.6) is 0 Å². The third-order valence-electron chi connectivity index (χ3n) is 13.8. The van der Waals surface area contributed by atoms with E-state index in [2.05, 4.69) is 65.6 Å². The van der Waals surface area contributed by atoms with Crippen LogP contribution in [0.4, 0.5) is 0 Å². The molecular weight excluding hydrogens is 1060 g/mol. The van der Waals surface area contributed by atoms with Gasteiger partial charge in [0.25, 0.3) is 0 Å². The quantitative estimate of drug-likeness (QED) is 0.0317. The first kappa shape index (κ1) is 78.7. The average Bonchev–Trinajstić information content (AvgIpc) is 3.36. The van der Waals surface area contributed by atoms with E-state index < -0.39 is 33.7 Å². The van der Waals surface area contributed by atoms with Crippen LogP contribution in [0.2, 0.25) is 4.44 Å². The molecule has 0 saturated carbocycles. The van der Waals surface area contributed by atoms with Crippen LogP contribution in [0.25, 0.3) is 0 Å². The zero-order valence-corrected chi connectivity index (χ0v) is 53.8. The molecule has 0 fully saturated rings. The van der Waals surface area contributed by atoms with Gasteiger partial charge in [-0.15, -0.1) is 0 Å². The SMILES string of the molecule is CCCCCCCCCCCCCCCCC(S)C(=O)[O-].CCCCCCCCCCCCCCCCC(S)C(=O)[O-].CCCCCCCCCCCCCCCCC(S)C(=O)[O-].CCCCCCC[CH2][Sn+3]. The van der Waals surface area contributed by atoms with Gasteiger partial charge < -0.3 is 29.7 Å². The number of hydrogen-bond acceptors (Lipinski definition) is 9. The molecule has 428 valence electrons. The molecule has 0 saturated heterocycles. The molecule has 0 aromatic carbocycles. The van der Waals surface area contributed by atoms with Gasteiger partial charge in [0.2, 0.25) is 0 Å². The summed E-state index contributed by atoms with van der Waals surface area (Å²) in [5, 5.41) is 29.7. The Hall–Kier alpha value is 0.259. The average molecular weight is 1180 g/mol. The molecule has 0 aromatic rings. The van der Waals surface area contributed by atoms with Crippen LogP contribution in [-0.4, -0.2) is 56.2 Å². The minimum absolute atomic E-state index is 0.581. The van der Waals surface area contributed by atoms with Gasteiger partial charge in [0.15, 0.2) is 0 Å². The Labute approximate surface area is 480 Å². The zero-order chi connectivity index (χ0) is 54.2. The fourth-order valence-corrected chi connectivity index (χ4v) is 10.1. The van der Waals surface area contributed by atoms with Crippen LogP contribution < -0.4 is 15.3 Å². The number of thiol groups is 3. The van der Waals surface area contributed by atoms with Crippen molar-refractivity contribution in [2.45, 2.75) is 375 Å². The summed E-state index contributed by atoms with van der Waals surface area (Å²) in [6.07, 6.45) is 66.1. The van der Waals surface area contributed by atoms with Crippen molar-refractivity contribution in [2.24, 2.45) is 0 Å². The van der Waals surface area contributed by atoms with E-state index in [0.717, 1.165) is 38.5 Å². The normalized spacial score (nSPS) is 12.2. The fraction of sp³-hybridized carbons (Fsp3) is 0.952. The van der Waals surface area contributed by atoms with Crippen molar-refractivity contribution in [1.82, 2.24) is 0 Å². The van der Waals surface area contributed by atoms with Crippen molar-refractivity contribution in [3.05, 3.63) is 0 Å². The Morgan fingerprint density at radius 1 is 0.264 bits per heavy atom. The van der Waals surface area contributed by atoms with E-state index in [-0.39, 0.29) is 0 Å². The molecule has 72 heavy (non-hydrogen) atoms. The molecule has 0 rings (SSSR count). The molecule has 0 aliphatic carbocycles. The van der Waals surface area contributed by atoms with Crippen molar-refractivity contribution >= 4 is 78.3 Å². The maximum absolute atomic E-state index is 10.5. The summed E-state index contributed by atoms with van der Waals surface area (Å²) in [6, 6.07) is 0. The predicted molar refractivity (Wildman–Crippen MR) is 322 cm³/mol. The number of carbonyl (C=O) groups excluding carboxylic acids is 3. The molecule has 3 unspecified atom stereocenters. The Kier molecular flexibility index (Phi) is 77.9. The van der Waals surface area contributed by atoms with Crippen molar-refractivity contribution in [3.63, 3.8) is 0 Å². The molecule has 0 radical (unpaired) electrons. The van der Waals surface area contributed by atoms with Gasteiger partial charge >= 0.3 is 72.4 Å². The third-order valence-corrected chi connectivity index (χ3v) is 16.3. The van der Waals surface area contributed by atoms with Gasteiger partial charge in [-0.2, -0.15) is 37.9 Å². The van der Waals surface area contributed by atoms with Crippen LogP contribution >= 0.6 is 37.9 Å². The number of carbonyl (C=O) groups is 3. The zero-order valence-electron chi connectivity index (χ0n) is 48.3. The molecule has 0 aromatic heterocycles. The predicted octanol–water partition coefficient (Wildman–Crippen LogP) is 17.7. The van der Waals surface area contributed by atoms with Gasteiger partial charge in [0.05, 0.1) is 17.9 Å². The van der Waals surface area contributed by atoms with E-state index >= 15 is 0 Å². The van der Waals surface area contributed by atoms with Gasteiger partial charge in [0.1, 0.15) is 0 Å². The van der Waals surface area contributed by atoms with Crippen LogP contribution in [0.15, 0.2) is 0 Å². The molecule has 0 amide bonds. The summed E-state index contributed by atoms with van der Waals surface area (Å²) in [5.74, 6) is -3.10. The van der Waals surface area contributed by atoms with Crippen LogP contribution in [-0.2, 0) is 14.4 Å². The van der Waals surface area contributed by atoms with E-state index in [1.165, 1.54) is 274 Å². The molecule has 0 bridgehead atoms. The second kappa shape index (κ2) is 71.3. The van der Waals surface area contributed by atoms with Crippen LogP contribution in [0.1, 0.15) is 355 Å². The monoisotopic (exact) mass is 1180 g/mol. The van der Waals surface area contributed by atoms with Gasteiger partial charge in [-0.1, -0.05) is 290 Å². The molecule has 3 atom stereocenters. The Balaban J connectivity index is -0.000000443. The topological polar surface area (TPSA) is 120 Å². The van der Waals surface area contributed by atoms with E-state index in [1.54, 1.807) is 22.5 Å². The van der Waals surface area contributed by atoms with Crippen LogP contribution in [0.3, 0.4) is 0 Å².